The van der Waals surface area contributed by atoms with Crippen LogP contribution in [0, 0.1) is 0 Å². The summed E-state index contributed by atoms with van der Waals surface area (Å²) in [5, 5.41) is 9.15. The van der Waals surface area contributed by atoms with Gasteiger partial charge in [-0.05, 0) is 75.9 Å². The molecule has 3 heterocycles. The van der Waals surface area contributed by atoms with E-state index in [1.165, 1.54) is 10.7 Å². The summed E-state index contributed by atoms with van der Waals surface area (Å²) < 4.78 is 43.7. The number of rotatable bonds is 3. The standard InChI is InChI=1S/C26H30F3N5S/c1-24(2)12-18(13-25(3,4)32-24)34(6)23-30-20-8-7-15(11-21(20)35-23)16-9-17-14-33(5)31-22(17)19(10-16)26(27,28)29/h7-11,14,18,32H,12-13H2,1-6H3. The number of hydrogen-bond donors (Lipinski definition) is 1. The minimum absolute atomic E-state index is 0.0195. The van der Waals surface area contributed by atoms with Gasteiger partial charge in [0.1, 0.15) is 5.52 Å². The van der Waals surface area contributed by atoms with E-state index < -0.39 is 11.7 Å². The van der Waals surface area contributed by atoms with Gasteiger partial charge in [-0.1, -0.05) is 17.4 Å². The number of halogens is 3. The maximum Gasteiger partial charge on any atom is 0.418 e. The molecular formula is C26H30F3N5S. The molecule has 0 spiro atoms. The smallest absolute Gasteiger partial charge is 0.348 e. The first-order chi connectivity index (χ1) is 16.2. The monoisotopic (exact) mass is 501 g/mol. The Hall–Kier alpha value is -2.65. The molecule has 35 heavy (non-hydrogen) atoms. The van der Waals surface area contributed by atoms with Crippen LogP contribution in [0.15, 0.2) is 36.5 Å². The van der Waals surface area contributed by atoms with Gasteiger partial charge >= 0.3 is 6.18 Å². The number of piperidine rings is 1. The van der Waals surface area contributed by atoms with E-state index in [9.17, 15) is 13.2 Å². The molecule has 0 aliphatic carbocycles. The van der Waals surface area contributed by atoms with Gasteiger partial charge in [-0.2, -0.15) is 18.3 Å². The largest absolute Gasteiger partial charge is 0.418 e. The van der Waals surface area contributed by atoms with Gasteiger partial charge in [0.25, 0.3) is 0 Å². The van der Waals surface area contributed by atoms with Crippen LogP contribution in [0.2, 0.25) is 0 Å². The average molecular weight is 502 g/mol. The molecule has 1 N–H and O–H groups in total. The lowest BCUT2D eigenvalue weighted by molar-refractivity contribution is -0.136. The Balaban J connectivity index is 1.52. The average Bonchev–Trinajstić information content (AvgIpc) is 3.30. The van der Waals surface area contributed by atoms with Crippen LogP contribution < -0.4 is 10.2 Å². The predicted molar refractivity (Wildman–Crippen MR) is 137 cm³/mol. The molecule has 5 rings (SSSR count). The Morgan fingerprint density at radius 2 is 1.74 bits per heavy atom. The lowest BCUT2D eigenvalue weighted by atomic mass is 9.79. The Morgan fingerprint density at radius 1 is 1.06 bits per heavy atom. The second-order valence-electron chi connectivity index (χ2n) is 11.0. The van der Waals surface area contributed by atoms with E-state index >= 15 is 0 Å². The summed E-state index contributed by atoms with van der Waals surface area (Å²) in [4.78, 5) is 7.12. The fourth-order valence-corrected chi connectivity index (χ4v) is 6.62. The topological polar surface area (TPSA) is 46.0 Å². The number of aryl methyl sites for hydroxylation is 1. The van der Waals surface area contributed by atoms with Crippen molar-refractivity contribution in [1.82, 2.24) is 20.1 Å². The zero-order chi connectivity index (χ0) is 25.3. The summed E-state index contributed by atoms with van der Waals surface area (Å²) in [5.41, 5.74) is 1.40. The van der Waals surface area contributed by atoms with Crippen LogP contribution in [0.4, 0.5) is 18.3 Å². The minimum atomic E-state index is -4.48. The molecule has 4 aromatic rings. The fraction of sp³-hybridized carbons (Fsp3) is 0.462. The van der Waals surface area contributed by atoms with Gasteiger partial charge < -0.3 is 10.2 Å². The van der Waals surface area contributed by atoms with Crippen LogP contribution >= 0.6 is 11.3 Å². The molecule has 0 saturated carbocycles. The molecule has 1 saturated heterocycles. The zero-order valence-electron chi connectivity index (χ0n) is 20.8. The number of anilines is 1. The first kappa shape index (κ1) is 24.1. The first-order valence-electron chi connectivity index (χ1n) is 11.7. The summed E-state index contributed by atoms with van der Waals surface area (Å²) in [7, 11) is 3.72. The van der Waals surface area contributed by atoms with Crippen molar-refractivity contribution in [2.24, 2.45) is 7.05 Å². The number of hydrogen-bond acceptors (Lipinski definition) is 5. The van der Waals surface area contributed by atoms with Gasteiger partial charge in [-0.3, -0.25) is 4.68 Å². The third kappa shape index (κ3) is 4.63. The predicted octanol–water partition coefficient (Wildman–Crippen LogP) is 6.61. The number of fused-ring (bicyclic) bond motifs is 2. The van der Waals surface area contributed by atoms with Crippen molar-refractivity contribution in [2.75, 3.05) is 11.9 Å². The number of aromatic nitrogens is 3. The van der Waals surface area contributed by atoms with Gasteiger partial charge in [0, 0.05) is 42.8 Å². The van der Waals surface area contributed by atoms with Crippen LogP contribution in [0.1, 0.15) is 46.1 Å². The molecule has 186 valence electrons. The Labute approximate surface area is 206 Å². The first-order valence-corrected chi connectivity index (χ1v) is 12.5. The Kier molecular flexibility index (Phi) is 5.45. The molecule has 0 atom stereocenters. The van der Waals surface area contributed by atoms with Gasteiger partial charge in [0.2, 0.25) is 0 Å². The molecule has 0 unspecified atom stereocenters. The van der Waals surface area contributed by atoms with Gasteiger partial charge in [0.05, 0.1) is 15.8 Å². The van der Waals surface area contributed by atoms with Crippen molar-refractivity contribution in [2.45, 2.75) is 63.8 Å². The molecular weight excluding hydrogens is 471 g/mol. The summed E-state index contributed by atoms with van der Waals surface area (Å²) in [6, 6.07) is 8.99. The van der Waals surface area contributed by atoms with E-state index in [2.05, 4.69) is 50.1 Å². The lowest BCUT2D eigenvalue weighted by Crippen LogP contribution is -2.61. The fourth-order valence-electron chi connectivity index (χ4n) is 5.58. The number of nitrogens with one attached hydrogen (secondary N) is 1. The molecule has 5 nitrogen and oxygen atoms in total. The molecule has 0 bridgehead atoms. The molecule has 1 fully saturated rings. The second-order valence-corrected chi connectivity index (χ2v) is 12.0. The lowest BCUT2D eigenvalue weighted by Gasteiger charge is -2.48. The number of nitrogens with zero attached hydrogens (tertiary/aromatic N) is 4. The third-order valence-electron chi connectivity index (χ3n) is 6.76. The minimum Gasteiger partial charge on any atom is -0.348 e. The summed E-state index contributed by atoms with van der Waals surface area (Å²) in [6.07, 6.45) is -0.864. The normalized spacial score (nSPS) is 18.4. The zero-order valence-corrected chi connectivity index (χ0v) is 21.6. The highest BCUT2D eigenvalue weighted by atomic mass is 32.1. The van der Waals surface area contributed by atoms with Crippen LogP contribution in [-0.4, -0.2) is 38.9 Å². The van der Waals surface area contributed by atoms with Gasteiger partial charge in [0.15, 0.2) is 5.13 Å². The van der Waals surface area contributed by atoms with Crippen LogP contribution in [0.3, 0.4) is 0 Å². The number of thiazole rings is 1. The SMILES string of the molecule is CN(c1nc2ccc(-c3cc(C(F)(F)F)c4nn(C)cc4c3)cc2s1)C1CC(C)(C)NC(C)(C)C1. The van der Waals surface area contributed by atoms with Crippen molar-refractivity contribution in [3.05, 3.63) is 42.1 Å². The summed E-state index contributed by atoms with van der Waals surface area (Å²) in [5.74, 6) is 0. The molecule has 0 radical (unpaired) electrons. The van der Waals surface area contributed by atoms with E-state index in [-0.39, 0.29) is 16.6 Å². The highest BCUT2D eigenvalue weighted by Gasteiger charge is 2.40. The van der Waals surface area contributed by atoms with E-state index in [4.69, 9.17) is 4.98 Å². The van der Waals surface area contributed by atoms with Crippen LogP contribution in [-0.2, 0) is 13.2 Å². The molecule has 1 aliphatic rings. The van der Waals surface area contributed by atoms with Crippen molar-refractivity contribution in [3.63, 3.8) is 0 Å². The van der Waals surface area contributed by atoms with Crippen LogP contribution in [0.25, 0.3) is 32.2 Å². The number of benzene rings is 2. The maximum atomic E-state index is 13.8. The molecule has 2 aromatic heterocycles. The van der Waals surface area contributed by atoms with Gasteiger partial charge in [-0.15, -0.1) is 0 Å². The van der Waals surface area contributed by atoms with E-state index in [1.54, 1.807) is 30.6 Å². The van der Waals surface area contributed by atoms with Crippen molar-refractivity contribution < 1.29 is 13.2 Å². The highest BCUT2D eigenvalue weighted by molar-refractivity contribution is 7.22. The Morgan fingerprint density at radius 3 is 2.40 bits per heavy atom. The van der Waals surface area contributed by atoms with E-state index in [0.29, 0.717) is 17.0 Å². The molecule has 2 aromatic carbocycles. The highest BCUT2D eigenvalue weighted by Crippen LogP contribution is 2.40. The second kappa shape index (κ2) is 7.93. The maximum absolute atomic E-state index is 13.8. The van der Waals surface area contributed by atoms with Gasteiger partial charge in [-0.25, -0.2) is 4.98 Å². The number of alkyl halides is 3. The van der Waals surface area contributed by atoms with Crippen molar-refractivity contribution in [3.8, 4) is 11.1 Å². The van der Waals surface area contributed by atoms with E-state index in [1.807, 2.05) is 18.2 Å². The molecule has 0 amide bonds. The summed E-state index contributed by atoms with van der Waals surface area (Å²) >= 11 is 1.58. The van der Waals surface area contributed by atoms with Crippen LogP contribution in [0.5, 0.6) is 0 Å². The summed E-state index contributed by atoms with van der Waals surface area (Å²) in [6.45, 7) is 8.92. The van der Waals surface area contributed by atoms with Crippen molar-refractivity contribution >= 4 is 37.6 Å². The van der Waals surface area contributed by atoms with E-state index in [0.717, 1.165) is 33.8 Å². The Bertz CT molecular complexity index is 1400. The molecule has 1 aliphatic heterocycles. The van der Waals surface area contributed by atoms with Crippen molar-refractivity contribution in [1.29, 1.82) is 0 Å². The third-order valence-corrected chi connectivity index (χ3v) is 7.87. The quantitative estimate of drug-likeness (QED) is 0.343. The molecule has 9 heteroatoms.